The summed E-state index contributed by atoms with van der Waals surface area (Å²) in [6.45, 7) is 2.44. The lowest BCUT2D eigenvalue weighted by atomic mass is 10.3. The molecule has 0 aliphatic carbocycles. The lowest BCUT2D eigenvalue weighted by Gasteiger charge is -2.08. The maximum Gasteiger partial charge on any atom is 0.313 e. The number of aromatic nitrogens is 2. The minimum Gasteiger partial charge on any atom is -0.481 e. The molecule has 0 fully saturated rings. The van der Waals surface area contributed by atoms with E-state index in [1.54, 1.807) is 22.8 Å². The lowest BCUT2D eigenvalue weighted by Crippen LogP contribution is -2.27. The zero-order valence-electron chi connectivity index (χ0n) is 11.3. The minimum atomic E-state index is -0.936. The van der Waals surface area contributed by atoms with Gasteiger partial charge in [0.05, 0.1) is 16.8 Å². The second-order valence-corrected chi connectivity index (χ2v) is 5.63. The van der Waals surface area contributed by atoms with Crippen LogP contribution in [0.2, 0.25) is 5.02 Å². The zero-order valence-corrected chi connectivity index (χ0v) is 12.9. The van der Waals surface area contributed by atoms with Crippen molar-refractivity contribution in [3.8, 4) is 0 Å². The maximum atomic E-state index is 11.8. The molecule has 0 spiro atoms. The quantitative estimate of drug-likeness (QED) is 0.793. The van der Waals surface area contributed by atoms with Crippen LogP contribution in [0.1, 0.15) is 6.92 Å². The molecule has 0 saturated carbocycles. The Morgan fingerprint density at radius 2 is 2.24 bits per heavy atom. The maximum absolute atomic E-state index is 11.8. The van der Waals surface area contributed by atoms with Crippen molar-refractivity contribution >= 4 is 46.3 Å². The molecule has 2 N–H and O–H groups in total. The predicted octanol–water partition coefficient (Wildman–Crippen LogP) is 2.00. The van der Waals surface area contributed by atoms with Gasteiger partial charge in [-0.15, -0.1) is 0 Å². The summed E-state index contributed by atoms with van der Waals surface area (Å²) in [5, 5.41) is 12.5. The molecule has 0 radical (unpaired) electrons. The number of fused-ring (bicyclic) bond motifs is 1. The first-order valence-electron chi connectivity index (χ1n) is 6.28. The fourth-order valence-electron chi connectivity index (χ4n) is 1.86. The number of carboxylic acid groups (broad SMARTS) is 1. The molecular weight excluding hydrogens is 314 g/mol. The van der Waals surface area contributed by atoms with Gasteiger partial charge in [-0.05, 0) is 25.1 Å². The molecule has 0 aliphatic heterocycles. The van der Waals surface area contributed by atoms with Crippen LogP contribution in [0.4, 0.5) is 0 Å². The molecular formula is C13H14ClN3O3S. The number of amides is 1. The van der Waals surface area contributed by atoms with Crippen molar-refractivity contribution in [1.82, 2.24) is 14.9 Å². The van der Waals surface area contributed by atoms with Crippen LogP contribution in [0.25, 0.3) is 11.0 Å². The number of hydrogen-bond acceptors (Lipinski definition) is 4. The smallest absolute Gasteiger partial charge is 0.313 e. The van der Waals surface area contributed by atoms with Gasteiger partial charge < -0.3 is 15.0 Å². The van der Waals surface area contributed by atoms with E-state index in [1.807, 2.05) is 6.92 Å². The highest BCUT2D eigenvalue weighted by Crippen LogP contribution is 2.26. The molecule has 1 amide bonds. The standard InChI is InChI=1S/C13H14ClN3O3S/c1-2-15-11(18)6-17-10-5-8(14)3-4-9(10)16-13(17)21-7-12(19)20/h3-5H,2,6-7H2,1H3,(H,15,18)(H,19,20). The molecule has 8 heteroatoms. The van der Waals surface area contributed by atoms with E-state index in [4.69, 9.17) is 16.7 Å². The van der Waals surface area contributed by atoms with Crippen molar-refractivity contribution in [2.45, 2.75) is 18.6 Å². The summed E-state index contributed by atoms with van der Waals surface area (Å²) in [7, 11) is 0. The van der Waals surface area contributed by atoms with E-state index < -0.39 is 5.97 Å². The molecule has 0 saturated heterocycles. The number of carboxylic acids is 1. The second kappa shape index (κ2) is 6.82. The van der Waals surface area contributed by atoms with Crippen LogP contribution in [0.15, 0.2) is 23.4 Å². The van der Waals surface area contributed by atoms with Gasteiger partial charge in [0.15, 0.2) is 5.16 Å². The molecule has 112 valence electrons. The van der Waals surface area contributed by atoms with Crippen LogP contribution in [-0.2, 0) is 16.1 Å². The molecule has 21 heavy (non-hydrogen) atoms. The summed E-state index contributed by atoms with van der Waals surface area (Å²) in [6, 6.07) is 5.17. The van der Waals surface area contributed by atoms with E-state index in [0.29, 0.717) is 27.8 Å². The van der Waals surface area contributed by atoms with Crippen LogP contribution >= 0.6 is 23.4 Å². The monoisotopic (exact) mass is 327 g/mol. The fourth-order valence-corrected chi connectivity index (χ4v) is 2.76. The van der Waals surface area contributed by atoms with Crippen LogP contribution in [0.5, 0.6) is 0 Å². The summed E-state index contributed by atoms with van der Waals surface area (Å²) in [6.07, 6.45) is 0. The van der Waals surface area contributed by atoms with Crippen molar-refractivity contribution in [3.63, 3.8) is 0 Å². The Kier molecular flexibility index (Phi) is 5.08. The number of halogens is 1. The zero-order chi connectivity index (χ0) is 15.4. The van der Waals surface area contributed by atoms with Gasteiger partial charge in [-0.25, -0.2) is 4.98 Å². The van der Waals surface area contributed by atoms with Crippen LogP contribution < -0.4 is 5.32 Å². The average molecular weight is 328 g/mol. The average Bonchev–Trinajstić information content (AvgIpc) is 2.74. The molecule has 0 unspecified atom stereocenters. The number of carbonyl (C=O) groups is 2. The molecule has 1 aromatic carbocycles. The van der Waals surface area contributed by atoms with E-state index in [-0.39, 0.29) is 18.2 Å². The van der Waals surface area contributed by atoms with E-state index in [2.05, 4.69) is 10.3 Å². The Morgan fingerprint density at radius 1 is 1.48 bits per heavy atom. The second-order valence-electron chi connectivity index (χ2n) is 4.25. The molecule has 0 atom stereocenters. The topological polar surface area (TPSA) is 84.2 Å². The predicted molar refractivity (Wildman–Crippen MR) is 81.8 cm³/mol. The minimum absolute atomic E-state index is 0.0760. The number of rotatable bonds is 6. The van der Waals surface area contributed by atoms with Crippen LogP contribution in [0, 0.1) is 0 Å². The largest absolute Gasteiger partial charge is 0.481 e. The van der Waals surface area contributed by atoms with Crippen molar-refractivity contribution in [3.05, 3.63) is 23.2 Å². The number of nitrogens with zero attached hydrogens (tertiary/aromatic N) is 2. The molecule has 6 nitrogen and oxygen atoms in total. The summed E-state index contributed by atoms with van der Waals surface area (Å²) in [4.78, 5) is 26.9. The highest BCUT2D eigenvalue weighted by atomic mass is 35.5. The van der Waals surface area contributed by atoms with Gasteiger partial charge in [-0.3, -0.25) is 9.59 Å². The van der Waals surface area contributed by atoms with Crippen molar-refractivity contribution in [2.75, 3.05) is 12.3 Å². The summed E-state index contributed by atoms with van der Waals surface area (Å²) in [5.41, 5.74) is 1.39. The van der Waals surface area contributed by atoms with Crippen LogP contribution in [-0.4, -0.2) is 38.8 Å². The Labute approximate surface area is 130 Å². The number of nitrogens with one attached hydrogen (secondary N) is 1. The number of aliphatic carboxylic acids is 1. The van der Waals surface area contributed by atoms with Crippen molar-refractivity contribution in [2.24, 2.45) is 0 Å². The third-order valence-electron chi connectivity index (χ3n) is 2.68. The Bertz CT molecular complexity index is 687. The number of likely N-dealkylation sites (N-methyl/N-ethyl adjacent to an activating group) is 1. The molecule has 0 aliphatic rings. The fraction of sp³-hybridized carbons (Fsp3) is 0.308. The lowest BCUT2D eigenvalue weighted by molar-refractivity contribution is -0.133. The highest BCUT2D eigenvalue weighted by Gasteiger charge is 2.15. The molecule has 2 rings (SSSR count). The van der Waals surface area contributed by atoms with Gasteiger partial charge in [0.2, 0.25) is 5.91 Å². The number of imidazole rings is 1. The summed E-state index contributed by atoms with van der Waals surface area (Å²) in [5.74, 6) is -1.21. The van der Waals surface area contributed by atoms with Gasteiger partial charge in [0.1, 0.15) is 6.54 Å². The third kappa shape index (κ3) is 3.89. The number of hydrogen-bond donors (Lipinski definition) is 2. The SMILES string of the molecule is CCNC(=O)Cn1c(SCC(=O)O)nc2ccc(Cl)cc21. The molecule has 0 bridgehead atoms. The Morgan fingerprint density at radius 3 is 2.90 bits per heavy atom. The van der Waals surface area contributed by atoms with Crippen molar-refractivity contribution in [1.29, 1.82) is 0 Å². The summed E-state index contributed by atoms with van der Waals surface area (Å²) < 4.78 is 1.68. The molecule has 2 aromatic rings. The number of benzene rings is 1. The van der Waals surface area contributed by atoms with E-state index in [1.165, 1.54) is 0 Å². The van der Waals surface area contributed by atoms with Gasteiger partial charge in [-0.1, -0.05) is 23.4 Å². The first-order valence-corrected chi connectivity index (χ1v) is 7.64. The molecule has 1 aromatic heterocycles. The normalized spacial score (nSPS) is 10.8. The third-order valence-corrected chi connectivity index (χ3v) is 3.87. The van der Waals surface area contributed by atoms with E-state index in [0.717, 1.165) is 11.8 Å². The van der Waals surface area contributed by atoms with E-state index >= 15 is 0 Å². The van der Waals surface area contributed by atoms with Gasteiger partial charge in [0.25, 0.3) is 0 Å². The molecule has 1 heterocycles. The first kappa shape index (κ1) is 15.7. The van der Waals surface area contributed by atoms with Crippen molar-refractivity contribution < 1.29 is 14.7 Å². The van der Waals surface area contributed by atoms with Gasteiger partial charge in [0, 0.05) is 11.6 Å². The highest BCUT2D eigenvalue weighted by molar-refractivity contribution is 7.99. The van der Waals surface area contributed by atoms with Gasteiger partial charge in [-0.2, -0.15) is 0 Å². The Hall–Kier alpha value is -1.73. The first-order chi connectivity index (χ1) is 10.0. The number of thioether (sulfide) groups is 1. The number of carbonyl (C=O) groups excluding carboxylic acids is 1. The Balaban J connectivity index is 2.40. The van der Waals surface area contributed by atoms with Gasteiger partial charge >= 0.3 is 5.97 Å². The van der Waals surface area contributed by atoms with Crippen LogP contribution in [0.3, 0.4) is 0 Å². The van der Waals surface area contributed by atoms with E-state index in [9.17, 15) is 9.59 Å². The summed E-state index contributed by atoms with van der Waals surface area (Å²) >= 11 is 7.06.